The van der Waals surface area contributed by atoms with Crippen molar-refractivity contribution in [2.45, 2.75) is 72.1 Å². The molecule has 0 heterocycles. The Bertz CT molecular complexity index is 166. The highest BCUT2D eigenvalue weighted by molar-refractivity contribution is 4.49. The number of aliphatic hydroxyl groups excluding tert-OH is 1. The standard InChI is InChI=1S/C16H36NO.BrH/c1-4-7-10-13-17(15-16-18,12-9-6-3)14-11-8-5-2;/h18H,4-16H2,1-3H3;1H/q+1;/p-1. The fourth-order valence-electron chi connectivity index (χ4n) is 2.77. The summed E-state index contributed by atoms with van der Waals surface area (Å²) in [5.74, 6) is 0. The lowest BCUT2D eigenvalue weighted by atomic mass is 10.1. The van der Waals surface area contributed by atoms with Gasteiger partial charge in [-0.3, -0.25) is 0 Å². The van der Waals surface area contributed by atoms with Crippen LogP contribution in [0.5, 0.6) is 0 Å². The summed E-state index contributed by atoms with van der Waals surface area (Å²) in [6.07, 6.45) is 10.5. The van der Waals surface area contributed by atoms with Crippen LogP contribution in [0.2, 0.25) is 0 Å². The highest BCUT2D eigenvalue weighted by Crippen LogP contribution is 2.15. The Balaban J connectivity index is 0. The molecule has 0 aromatic heterocycles. The monoisotopic (exact) mass is 337 g/mol. The zero-order valence-corrected chi connectivity index (χ0v) is 15.1. The summed E-state index contributed by atoms with van der Waals surface area (Å²) in [6, 6.07) is 0. The minimum absolute atomic E-state index is 0. The summed E-state index contributed by atoms with van der Waals surface area (Å²) in [7, 11) is 0. The summed E-state index contributed by atoms with van der Waals surface area (Å²) in [4.78, 5) is 0. The fourth-order valence-corrected chi connectivity index (χ4v) is 2.77. The van der Waals surface area contributed by atoms with Crippen molar-refractivity contribution in [1.82, 2.24) is 0 Å². The Hall–Kier alpha value is 0.400. The van der Waals surface area contributed by atoms with E-state index in [0.717, 1.165) is 6.54 Å². The van der Waals surface area contributed by atoms with Gasteiger partial charge in [-0.05, 0) is 32.1 Å². The summed E-state index contributed by atoms with van der Waals surface area (Å²) >= 11 is 0. The maximum absolute atomic E-state index is 9.40. The van der Waals surface area contributed by atoms with Gasteiger partial charge in [0, 0.05) is 0 Å². The molecule has 0 aliphatic carbocycles. The summed E-state index contributed by atoms with van der Waals surface area (Å²) in [5, 5.41) is 9.40. The first-order chi connectivity index (χ1) is 8.74. The van der Waals surface area contributed by atoms with Crippen molar-refractivity contribution in [2.75, 3.05) is 32.8 Å². The van der Waals surface area contributed by atoms with Crippen LogP contribution in [0.15, 0.2) is 0 Å². The molecule has 0 amide bonds. The highest BCUT2D eigenvalue weighted by Gasteiger charge is 2.24. The lowest BCUT2D eigenvalue weighted by molar-refractivity contribution is -0.929. The zero-order valence-electron chi connectivity index (χ0n) is 13.5. The van der Waals surface area contributed by atoms with Crippen LogP contribution in [0.4, 0.5) is 0 Å². The SMILES string of the molecule is CCCCC[N+](CCO)(CCCC)CCCCC.[Br-]. The molecule has 0 atom stereocenters. The van der Waals surface area contributed by atoms with Gasteiger partial charge in [0.2, 0.25) is 0 Å². The van der Waals surface area contributed by atoms with Gasteiger partial charge in [0.25, 0.3) is 0 Å². The van der Waals surface area contributed by atoms with E-state index in [1.54, 1.807) is 0 Å². The van der Waals surface area contributed by atoms with Gasteiger partial charge in [-0.15, -0.1) is 0 Å². The van der Waals surface area contributed by atoms with Crippen LogP contribution in [0.3, 0.4) is 0 Å². The number of hydrogen-bond acceptors (Lipinski definition) is 1. The van der Waals surface area contributed by atoms with Crippen LogP contribution in [-0.2, 0) is 0 Å². The summed E-state index contributed by atoms with van der Waals surface area (Å²) in [6.45, 7) is 11.9. The highest BCUT2D eigenvalue weighted by atomic mass is 79.9. The first kappa shape index (κ1) is 21.7. The van der Waals surface area contributed by atoms with Crippen molar-refractivity contribution >= 4 is 0 Å². The van der Waals surface area contributed by atoms with Gasteiger partial charge >= 0.3 is 0 Å². The van der Waals surface area contributed by atoms with Crippen LogP contribution >= 0.6 is 0 Å². The molecule has 0 fully saturated rings. The third-order valence-electron chi connectivity index (χ3n) is 4.03. The number of halogens is 1. The largest absolute Gasteiger partial charge is 1.00 e. The van der Waals surface area contributed by atoms with Crippen molar-refractivity contribution in [3.05, 3.63) is 0 Å². The Kier molecular flexibility index (Phi) is 16.9. The number of unbranched alkanes of at least 4 members (excludes halogenated alkanes) is 5. The average molecular weight is 338 g/mol. The Morgan fingerprint density at radius 3 is 1.42 bits per heavy atom. The van der Waals surface area contributed by atoms with E-state index in [0.29, 0.717) is 6.61 Å². The van der Waals surface area contributed by atoms with E-state index < -0.39 is 0 Å². The Labute approximate surface area is 131 Å². The van der Waals surface area contributed by atoms with E-state index in [-0.39, 0.29) is 17.0 Å². The zero-order chi connectivity index (χ0) is 13.7. The maximum Gasteiger partial charge on any atom is 0.102 e. The normalized spacial score (nSPS) is 11.4. The van der Waals surface area contributed by atoms with E-state index in [4.69, 9.17) is 0 Å². The van der Waals surface area contributed by atoms with Gasteiger partial charge in [-0.1, -0.05) is 40.0 Å². The molecule has 0 aliphatic heterocycles. The second kappa shape index (κ2) is 14.8. The predicted octanol–water partition coefficient (Wildman–Crippen LogP) is 0.980. The average Bonchev–Trinajstić information content (AvgIpc) is 2.37. The molecule has 3 heteroatoms. The molecule has 0 saturated heterocycles. The number of quaternary nitrogens is 1. The Morgan fingerprint density at radius 2 is 1.05 bits per heavy atom. The fraction of sp³-hybridized carbons (Fsp3) is 1.00. The van der Waals surface area contributed by atoms with Crippen LogP contribution in [0, 0.1) is 0 Å². The Morgan fingerprint density at radius 1 is 0.632 bits per heavy atom. The molecule has 0 aliphatic rings. The van der Waals surface area contributed by atoms with E-state index in [1.165, 1.54) is 75.5 Å². The minimum atomic E-state index is 0. The molecule has 118 valence electrons. The summed E-state index contributed by atoms with van der Waals surface area (Å²) in [5.41, 5.74) is 0. The maximum atomic E-state index is 9.40. The van der Waals surface area contributed by atoms with Crippen LogP contribution in [0.1, 0.15) is 72.1 Å². The van der Waals surface area contributed by atoms with Gasteiger partial charge in [0.15, 0.2) is 0 Å². The topological polar surface area (TPSA) is 20.2 Å². The van der Waals surface area contributed by atoms with Crippen LogP contribution in [0.25, 0.3) is 0 Å². The number of rotatable bonds is 13. The number of aliphatic hydroxyl groups is 1. The summed E-state index contributed by atoms with van der Waals surface area (Å²) < 4.78 is 1.17. The second-order valence-electron chi connectivity index (χ2n) is 5.73. The lowest BCUT2D eigenvalue weighted by Crippen LogP contribution is -3.00. The van der Waals surface area contributed by atoms with Gasteiger partial charge in [-0.25, -0.2) is 0 Å². The molecule has 0 saturated carbocycles. The molecule has 0 radical (unpaired) electrons. The number of hydrogen-bond donors (Lipinski definition) is 1. The molecule has 0 unspecified atom stereocenters. The molecular weight excluding hydrogens is 302 g/mol. The first-order valence-electron chi connectivity index (χ1n) is 8.20. The predicted molar refractivity (Wildman–Crippen MR) is 80.8 cm³/mol. The molecule has 0 rings (SSSR count). The third-order valence-corrected chi connectivity index (χ3v) is 4.03. The van der Waals surface area contributed by atoms with Gasteiger partial charge < -0.3 is 26.6 Å². The van der Waals surface area contributed by atoms with Crippen molar-refractivity contribution in [3.63, 3.8) is 0 Å². The smallest absolute Gasteiger partial charge is 0.102 e. The van der Waals surface area contributed by atoms with Crippen molar-refractivity contribution in [2.24, 2.45) is 0 Å². The lowest BCUT2D eigenvalue weighted by Gasteiger charge is -2.39. The molecule has 19 heavy (non-hydrogen) atoms. The second-order valence-corrected chi connectivity index (χ2v) is 5.73. The third kappa shape index (κ3) is 10.8. The molecular formula is C16H36BrNO. The van der Waals surface area contributed by atoms with E-state index in [2.05, 4.69) is 20.8 Å². The quantitative estimate of drug-likeness (QED) is 0.392. The van der Waals surface area contributed by atoms with Crippen molar-refractivity contribution in [3.8, 4) is 0 Å². The van der Waals surface area contributed by atoms with E-state index in [9.17, 15) is 5.11 Å². The molecule has 0 aromatic rings. The minimum Gasteiger partial charge on any atom is -1.00 e. The molecule has 0 bridgehead atoms. The van der Waals surface area contributed by atoms with Gasteiger partial charge in [0.05, 0.1) is 26.2 Å². The van der Waals surface area contributed by atoms with Gasteiger partial charge in [0.1, 0.15) is 6.54 Å². The number of nitrogens with zero attached hydrogens (tertiary/aromatic N) is 1. The van der Waals surface area contributed by atoms with E-state index >= 15 is 0 Å². The van der Waals surface area contributed by atoms with Crippen LogP contribution in [-0.4, -0.2) is 42.4 Å². The van der Waals surface area contributed by atoms with Crippen LogP contribution < -0.4 is 17.0 Å². The van der Waals surface area contributed by atoms with Crippen molar-refractivity contribution in [1.29, 1.82) is 0 Å². The van der Waals surface area contributed by atoms with Gasteiger partial charge in [-0.2, -0.15) is 0 Å². The molecule has 2 nitrogen and oxygen atoms in total. The molecule has 1 N–H and O–H groups in total. The van der Waals surface area contributed by atoms with E-state index in [1.807, 2.05) is 0 Å². The van der Waals surface area contributed by atoms with Crippen molar-refractivity contribution < 1.29 is 26.6 Å². The molecule has 0 aromatic carbocycles. The molecule has 0 spiro atoms. The first-order valence-corrected chi connectivity index (χ1v) is 8.20.